The van der Waals surface area contributed by atoms with Gasteiger partial charge < -0.3 is 4.74 Å². The molecule has 0 saturated carbocycles. The summed E-state index contributed by atoms with van der Waals surface area (Å²) >= 11 is 0. The fourth-order valence-electron chi connectivity index (χ4n) is 3.94. The Morgan fingerprint density at radius 3 is 2.55 bits per heavy atom. The quantitative estimate of drug-likeness (QED) is 0.598. The van der Waals surface area contributed by atoms with Crippen LogP contribution >= 0.6 is 0 Å². The van der Waals surface area contributed by atoms with Crippen LogP contribution < -0.4 is 0 Å². The van der Waals surface area contributed by atoms with E-state index in [4.69, 9.17) is 4.74 Å². The van der Waals surface area contributed by atoms with Crippen LogP contribution in [-0.2, 0) is 9.53 Å². The normalized spacial score (nSPS) is 23.4. The molecule has 2 atom stereocenters. The van der Waals surface area contributed by atoms with E-state index in [2.05, 4.69) is 30.4 Å². The Hall–Kier alpha value is -2.62. The van der Waals surface area contributed by atoms with E-state index in [0.29, 0.717) is 12.3 Å². The molecule has 0 aromatic heterocycles. The van der Waals surface area contributed by atoms with E-state index in [1.807, 2.05) is 52.0 Å². The first-order chi connectivity index (χ1) is 13.8. The minimum absolute atomic E-state index is 0.156. The van der Waals surface area contributed by atoms with Crippen LogP contribution in [0, 0.1) is 5.92 Å². The maximum atomic E-state index is 12.8. The largest absolute Gasteiger partial charge is 0.443 e. The van der Waals surface area contributed by atoms with Crippen molar-refractivity contribution in [3.05, 3.63) is 65.8 Å². The number of allylic oxidation sites excluding steroid dienone is 5. The number of nitrogens with zero attached hydrogens (tertiary/aromatic N) is 1. The third-order valence-electron chi connectivity index (χ3n) is 5.23. The second-order valence-electron chi connectivity index (χ2n) is 8.77. The first-order valence-corrected chi connectivity index (χ1v) is 10.5. The van der Waals surface area contributed by atoms with Crippen molar-refractivity contribution in [3.8, 4) is 0 Å². The molecule has 0 N–H and O–H groups in total. The Labute approximate surface area is 173 Å². The van der Waals surface area contributed by atoms with Gasteiger partial charge in [0, 0.05) is 11.6 Å². The molecule has 1 aliphatic carbocycles. The number of hydrogen-bond acceptors (Lipinski definition) is 3. The van der Waals surface area contributed by atoms with Crippen LogP contribution in [0.4, 0.5) is 4.79 Å². The summed E-state index contributed by atoms with van der Waals surface area (Å²) in [6.45, 7) is 7.47. The minimum Gasteiger partial charge on any atom is -0.443 e. The van der Waals surface area contributed by atoms with Crippen LogP contribution in [0.3, 0.4) is 0 Å². The van der Waals surface area contributed by atoms with Crippen LogP contribution in [0.25, 0.3) is 5.57 Å². The molecule has 1 saturated heterocycles. The molecule has 1 aliphatic heterocycles. The van der Waals surface area contributed by atoms with E-state index in [9.17, 15) is 9.59 Å². The summed E-state index contributed by atoms with van der Waals surface area (Å²) in [5.41, 5.74) is 2.53. The number of amides is 2. The number of benzene rings is 1. The van der Waals surface area contributed by atoms with E-state index >= 15 is 0 Å². The van der Waals surface area contributed by atoms with Crippen LogP contribution in [0.2, 0.25) is 0 Å². The lowest BCUT2D eigenvalue weighted by molar-refractivity contribution is -0.125. The molecule has 2 amide bonds. The molecule has 1 aromatic rings. The summed E-state index contributed by atoms with van der Waals surface area (Å²) in [6.07, 6.45) is 11.0. The second kappa shape index (κ2) is 8.81. The molecule has 2 aliphatic rings. The highest BCUT2D eigenvalue weighted by Gasteiger charge is 2.42. The van der Waals surface area contributed by atoms with Crippen molar-refractivity contribution in [1.29, 1.82) is 0 Å². The standard InChI is InChI=1S/C25H31NO3/c1-5-9-21-17-22(26(23(21)27)24(28)29-25(2,3)4)16-18-12-14-20(15-13-18)19-10-7-6-8-11-19/h6-12,14-15,18,22H,5,13,16-17H2,1-4H3/b21-9+. The molecule has 29 heavy (non-hydrogen) atoms. The van der Waals surface area contributed by atoms with Crippen molar-refractivity contribution in [2.24, 2.45) is 5.92 Å². The van der Waals surface area contributed by atoms with Crippen LogP contribution in [-0.4, -0.2) is 28.5 Å². The Morgan fingerprint density at radius 1 is 1.24 bits per heavy atom. The molecule has 4 heteroatoms. The SMILES string of the molecule is CC/C=C1\CC(CC2C=CC(c3ccccc3)=CC2)N(C(=O)OC(C)(C)C)C1=O. The predicted octanol–water partition coefficient (Wildman–Crippen LogP) is 5.91. The molecular formula is C25H31NO3. The number of carbonyl (C=O) groups excluding carboxylic acids is 2. The summed E-state index contributed by atoms with van der Waals surface area (Å²) < 4.78 is 5.52. The summed E-state index contributed by atoms with van der Waals surface area (Å²) in [6, 6.07) is 10.2. The Bertz CT molecular complexity index is 843. The Kier molecular flexibility index (Phi) is 6.41. The number of imide groups is 1. The summed E-state index contributed by atoms with van der Waals surface area (Å²) in [4.78, 5) is 26.9. The molecule has 1 aromatic carbocycles. The lowest BCUT2D eigenvalue weighted by atomic mass is 9.88. The van der Waals surface area contributed by atoms with Gasteiger partial charge in [0.1, 0.15) is 5.60 Å². The lowest BCUT2D eigenvalue weighted by Crippen LogP contribution is -2.43. The molecule has 0 spiro atoms. The highest BCUT2D eigenvalue weighted by Crippen LogP contribution is 2.34. The molecule has 3 rings (SSSR count). The van der Waals surface area contributed by atoms with Gasteiger partial charge >= 0.3 is 6.09 Å². The smallest absolute Gasteiger partial charge is 0.417 e. The monoisotopic (exact) mass is 393 g/mol. The summed E-state index contributed by atoms with van der Waals surface area (Å²) in [5, 5.41) is 0. The van der Waals surface area contributed by atoms with Gasteiger partial charge in [0.25, 0.3) is 5.91 Å². The van der Waals surface area contributed by atoms with Gasteiger partial charge in [-0.3, -0.25) is 4.79 Å². The van der Waals surface area contributed by atoms with Gasteiger partial charge in [-0.25, -0.2) is 9.69 Å². The molecule has 2 unspecified atom stereocenters. The highest BCUT2D eigenvalue weighted by atomic mass is 16.6. The summed E-state index contributed by atoms with van der Waals surface area (Å²) in [5.74, 6) is 0.0950. The van der Waals surface area contributed by atoms with Crippen LogP contribution in [0.15, 0.2) is 60.2 Å². The van der Waals surface area contributed by atoms with E-state index < -0.39 is 11.7 Å². The number of hydrogen-bond donors (Lipinski definition) is 0. The van der Waals surface area contributed by atoms with Crippen LogP contribution in [0.1, 0.15) is 58.9 Å². The Morgan fingerprint density at radius 2 is 1.97 bits per heavy atom. The lowest BCUT2D eigenvalue weighted by Gasteiger charge is -2.29. The van der Waals surface area contributed by atoms with Crippen molar-refractivity contribution in [1.82, 2.24) is 4.90 Å². The third kappa shape index (κ3) is 5.26. The van der Waals surface area contributed by atoms with Gasteiger partial charge in [-0.05, 0) is 63.5 Å². The molecular weight excluding hydrogens is 362 g/mol. The second-order valence-corrected chi connectivity index (χ2v) is 8.77. The number of carbonyl (C=O) groups is 2. The van der Waals surface area contributed by atoms with E-state index in [-0.39, 0.29) is 11.9 Å². The van der Waals surface area contributed by atoms with Crippen molar-refractivity contribution < 1.29 is 14.3 Å². The topological polar surface area (TPSA) is 46.6 Å². The van der Waals surface area contributed by atoms with Crippen LogP contribution in [0.5, 0.6) is 0 Å². The van der Waals surface area contributed by atoms with Crippen molar-refractivity contribution in [2.45, 2.75) is 65.0 Å². The number of rotatable bonds is 4. The van der Waals surface area contributed by atoms with Crippen molar-refractivity contribution >= 4 is 17.6 Å². The first kappa shape index (κ1) is 21.1. The molecule has 0 bridgehead atoms. The molecule has 1 heterocycles. The first-order valence-electron chi connectivity index (χ1n) is 10.5. The van der Waals surface area contributed by atoms with Crippen molar-refractivity contribution in [2.75, 3.05) is 0 Å². The predicted molar refractivity (Wildman–Crippen MR) is 116 cm³/mol. The van der Waals surface area contributed by atoms with Gasteiger partial charge in [-0.15, -0.1) is 0 Å². The van der Waals surface area contributed by atoms with E-state index in [1.165, 1.54) is 16.0 Å². The molecule has 4 nitrogen and oxygen atoms in total. The van der Waals surface area contributed by atoms with Gasteiger partial charge in [0.2, 0.25) is 0 Å². The highest BCUT2D eigenvalue weighted by molar-refractivity contribution is 6.05. The number of ether oxygens (including phenoxy) is 1. The van der Waals surface area contributed by atoms with E-state index in [0.717, 1.165) is 24.8 Å². The maximum absolute atomic E-state index is 12.8. The molecule has 154 valence electrons. The van der Waals surface area contributed by atoms with Gasteiger partial charge in [0.05, 0.1) is 0 Å². The van der Waals surface area contributed by atoms with Crippen molar-refractivity contribution in [3.63, 3.8) is 0 Å². The fraction of sp³-hybridized carbons (Fsp3) is 0.440. The van der Waals surface area contributed by atoms with Gasteiger partial charge in [-0.1, -0.05) is 61.6 Å². The minimum atomic E-state index is -0.628. The van der Waals surface area contributed by atoms with E-state index in [1.54, 1.807) is 0 Å². The number of likely N-dealkylation sites (tertiary alicyclic amines) is 1. The zero-order valence-corrected chi connectivity index (χ0v) is 17.9. The zero-order valence-electron chi connectivity index (χ0n) is 17.9. The Balaban J connectivity index is 1.72. The average molecular weight is 394 g/mol. The summed E-state index contributed by atoms with van der Waals surface area (Å²) in [7, 11) is 0. The zero-order chi connectivity index (χ0) is 21.0. The third-order valence-corrected chi connectivity index (χ3v) is 5.23. The fourth-order valence-corrected chi connectivity index (χ4v) is 3.94. The van der Waals surface area contributed by atoms with Gasteiger partial charge in [-0.2, -0.15) is 0 Å². The average Bonchev–Trinajstić information content (AvgIpc) is 2.97. The van der Waals surface area contributed by atoms with Gasteiger partial charge in [0.15, 0.2) is 0 Å². The maximum Gasteiger partial charge on any atom is 0.417 e. The molecule has 1 fully saturated rings. The molecule has 0 radical (unpaired) electrons.